The molecule has 0 radical (unpaired) electrons. The molecule has 0 bridgehead atoms. The van der Waals surface area contributed by atoms with Crippen LogP contribution in [0.25, 0.3) is 0 Å². The van der Waals surface area contributed by atoms with Gasteiger partial charge in [-0.05, 0) is 36.3 Å². The van der Waals surface area contributed by atoms with E-state index in [0.717, 1.165) is 30.7 Å². The quantitative estimate of drug-likeness (QED) is 0.787. The van der Waals surface area contributed by atoms with Gasteiger partial charge in [-0.15, -0.1) is 11.3 Å². The van der Waals surface area contributed by atoms with E-state index < -0.39 is 0 Å². The van der Waals surface area contributed by atoms with E-state index in [1.165, 1.54) is 28.2 Å². The fourth-order valence-electron chi connectivity index (χ4n) is 3.30. The van der Waals surface area contributed by atoms with E-state index in [2.05, 4.69) is 39.4 Å². The van der Waals surface area contributed by atoms with E-state index in [9.17, 15) is 4.79 Å². The Bertz CT molecular complexity index is 824. The number of rotatable bonds is 4. The molecule has 122 valence electrons. The van der Waals surface area contributed by atoms with Crippen molar-refractivity contribution in [1.29, 1.82) is 0 Å². The monoisotopic (exact) mass is 337 g/mol. The number of fused-ring (bicyclic) bond motifs is 1. The first-order valence-corrected chi connectivity index (χ1v) is 9.12. The van der Waals surface area contributed by atoms with Gasteiger partial charge in [0, 0.05) is 11.3 Å². The van der Waals surface area contributed by atoms with Crippen LogP contribution in [0, 0.1) is 0 Å². The van der Waals surface area contributed by atoms with Crippen LogP contribution in [-0.2, 0) is 13.0 Å². The number of hydrogen-bond donors (Lipinski definition) is 1. The summed E-state index contributed by atoms with van der Waals surface area (Å²) in [5.74, 6) is 0.0126. The van der Waals surface area contributed by atoms with E-state index in [1.807, 2.05) is 29.8 Å². The summed E-state index contributed by atoms with van der Waals surface area (Å²) in [6.45, 7) is 0.780. The van der Waals surface area contributed by atoms with Gasteiger partial charge in [-0.3, -0.25) is 9.48 Å². The molecule has 0 saturated carbocycles. The minimum Gasteiger partial charge on any atom is -0.344 e. The van der Waals surface area contributed by atoms with Crippen LogP contribution in [0.4, 0.5) is 0 Å². The number of carbonyl (C=O) groups excluding carboxylic acids is 1. The molecule has 0 spiro atoms. The summed E-state index contributed by atoms with van der Waals surface area (Å²) in [5.41, 5.74) is 3.66. The van der Waals surface area contributed by atoms with Crippen molar-refractivity contribution in [2.75, 3.05) is 0 Å². The second-order valence-electron chi connectivity index (χ2n) is 6.09. The minimum absolute atomic E-state index is 0.0126. The van der Waals surface area contributed by atoms with Crippen molar-refractivity contribution in [3.63, 3.8) is 0 Å². The van der Waals surface area contributed by atoms with Crippen LogP contribution in [0.15, 0.2) is 54.0 Å². The number of carbonyl (C=O) groups is 1. The predicted octanol–water partition coefficient (Wildman–Crippen LogP) is 3.80. The average Bonchev–Trinajstić information content (AvgIpc) is 3.27. The number of benzene rings is 1. The number of thiophene rings is 1. The molecule has 0 saturated heterocycles. The minimum atomic E-state index is 0.0126. The van der Waals surface area contributed by atoms with Crippen LogP contribution < -0.4 is 5.32 Å². The lowest BCUT2D eigenvalue weighted by molar-refractivity contribution is 0.0937. The van der Waals surface area contributed by atoms with Crippen molar-refractivity contribution in [3.05, 3.63) is 75.7 Å². The third kappa shape index (κ3) is 2.99. The van der Waals surface area contributed by atoms with Gasteiger partial charge in [-0.2, -0.15) is 5.10 Å². The first kappa shape index (κ1) is 15.1. The molecule has 1 aromatic carbocycles. The van der Waals surface area contributed by atoms with Crippen LogP contribution in [0.2, 0.25) is 0 Å². The first-order valence-electron chi connectivity index (χ1n) is 8.24. The topological polar surface area (TPSA) is 46.9 Å². The van der Waals surface area contributed by atoms with Gasteiger partial charge in [0.2, 0.25) is 0 Å². The van der Waals surface area contributed by atoms with Crippen LogP contribution >= 0.6 is 11.3 Å². The van der Waals surface area contributed by atoms with Crippen LogP contribution in [-0.4, -0.2) is 15.7 Å². The van der Waals surface area contributed by atoms with Crippen molar-refractivity contribution >= 4 is 17.2 Å². The Balaban J connectivity index is 1.54. The van der Waals surface area contributed by atoms with Crippen LogP contribution in [0.5, 0.6) is 0 Å². The van der Waals surface area contributed by atoms with Gasteiger partial charge in [-0.1, -0.05) is 36.4 Å². The summed E-state index contributed by atoms with van der Waals surface area (Å²) in [6.07, 6.45) is 4.99. The molecular weight excluding hydrogens is 318 g/mol. The molecule has 1 amide bonds. The summed E-state index contributed by atoms with van der Waals surface area (Å²) in [5, 5.41) is 9.68. The molecule has 1 aliphatic rings. The highest BCUT2D eigenvalue weighted by Gasteiger charge is 2.26. The van der Waals surface area contributed by atoms with Gasteiger partial charge in [0.25, 0.3) is 5.91 Å². The number of hydrogen-bond acceptors (Lipinski definition) is 3. The molecule has 0 aliphatic heterocycles. The highest BCUT2D eigenvalue weighted by Crippen LogP contribution is 2.30. The van der Waals surface area contributed by atoms with E-state index in [-0.39, 0.29) is 11.9 Å². The molecular formula is C19H19N3OS. The molecule has 1 aliphatic carbocycles. The molecule has 3 aromatic rings. The lowest BCUT2D eigenvalue weighted by Gasteiger charge is -2.24. The van der Waals surface area contributed by atoms with Gasteiger partial charge in [0.1, 0.15) is 0 Å². The van der Waals surface area contributed by atoms with Crippen molar-refractivity contribution in [1.82, 2.24) is 15.1 Å². The molecule has 4 nitrogen and oxygen atoms in total. The SMILES string of the molecule is O=C(NC1CCCc2c1cnn2Cc1ccccc1)c1cccs1. The Morgan fingerprint density at radius 3 is 2.92 bits per heavy atom. The number of nitrogens with one attached hydrogen (secondary N) is 1. The smallest absolute Gasteiger partial charge is 0.261 e. The molecule has 1 N–H and O–H groups in total. The summed E-state index contributed by atoms with van der Waals surface area (Å²) in [6, 6.07) is 14.2. The van der Waals surface area contributed by atoms with Crippen molar-refractivity contribution in [2.24, 2.45) is 0 Å². The fraction of sp³-hybridized carbons (Fsp3) is 0.263. The summed E-state index contributed by atoms with van der Waals surface area (Å²) >= 11 is 1.48. The standard InChI is InChI=1S/C19H19N3OS/c23-19(18-10-5-11-24-18)21-16-8-4-9-17-15(16)12-20-22(17)13-14-6-2-1-3-7-14/h1-3,5-7,10-12,16H,4,8-9,13H2,(H,21,23). The Morgan fingerprint density at radius 2 is 2.12 bits per heavy atom. The Hall–Kier alpha value is -2.40. The third-order valence-electron chi connectivity index (χ3n) is 4.49. The molecule has 1 unspecified atom stereocenters. The lowest BCUT2D eigenvalue weighted by atomic mass is 9.93. The maximum atomic E-state index is 12.4. The Labute approximate surface area is 145 Å². The zero-order chi connectivity index (χ0) is 16.4. The van der Waals surface area contributed by atoms with Gasteiger partial charge in [0.05, 0.1) is 23.7 Å². The highest BCUT2D eigenvalue weighted by atomic mass is 32.1. The maximum absolute atomic E-state index is 12.4. The van der Waals surface area contributed by atoms with Crippen molar-refractivity contribution < 1.29 is 4.79 Å². The lowest BCUT2D eigenvalue weighted by Crippen LogP contribution is -2.30. The number of amides is 1. The highest BCUT2D eigenvalue weighted by molar-refractivity contribution is 7.12. The normalized spacial score (nSPS) is 16.6. The number of nitrogens with zero attached hydrogens (tertiary/aromatic N) is 2. The summed E-state index contributed by atoms with van der Waals surface area (Å²) in [7, 11) is 0. The largest absolute Gasteiger partial charge is 0.344 e. The van der Waals surface area contributed by atoms with E-state index in [4.69, 9.17) is 0 Å². The molecule has 4 rings (SSSR count). The van der Waals surface area contributed by atoms with Gasteiger partial charge >= 0.3 is 0 Å². The fourth-order valence-corrected chi connectivity index (χ4v) is 3.93. The van der Waals surface area contributed by atoms with E-state index in [0.29, 0.717) is 0 Å². The van der Waals surface area contributed by atoms with Crippen molar-refractivity contribution in [2.45, 2.75) is 31.8 Å². The molecule has 0 fully saturated rings. The first-order chi connectivity index (χ1) is 11.8. The predicted molar refractivity (Wildman–Crippen MR) is 95.2 cm³/mol. The second-order valence-corrected chi connectivity index (χ2v) is 7.03. The second kappa shape index (κ2) is 6.61. The van der Waals surface area contributed by atoms with Crippen LogP contribution in [0.3, 0.4) is 0 Å². The van der Waals surface area contributed by atoms with Gasteiger partial charge in [0.15, 0.2) is 0 Å². The van der Waals surface area contributed by atoms with Crippen molar-refractivity contribution in [3.8, 4) is 0 Å². The molecule has 2 aromatic heterocycles. The Morgan fingerprint density at radius 1 is 1.25 bits per heavy atom. The third-order valence-corrected chi connectivity index (χ3v) is 5.36. The summed E-state index contributed by atoms with van der Waals surface area (Å²) < 4.78 is 2.08. The van der Waals surface area contributed by atoms with E-state index >= 15 is 0 Å². The van der Waals surface area contributed by atoms with E-state index in [1.54, 1.807) is 0 Å². The molecule has 24 heavy (non-hydrogen) atoms. The Kier molecular flexibility index (Phi) is 4.17. The summed E-state index contributed by atoms with van der Waals surface area (Å²) in [4.78, 5) is 13.1. The van der Waals surface area contributed by atoms with Gasteiger partial charge < -0.3 is 5.32 Å². The number of aromatic nitrogens is 2. The van der Waals surface area contributed by atoms with Gasteiger partial charge in [-0.25, -0.2) is 0 Å². The van der Waals surface area contributed by atoms with Crippen LogP contribution in [0.1, 0.15) is 45.4 Å². The molecule has 5 heteroatoms. The zero-order valence-corrected chi connectivity index (χ0v) is 14.1. The molecule has 1 atom stereocenters. The maximum Gasteiger partial charge on any atom is 0.261 e. The molecule has 2 heterocycles. The average molecular weight is 337 g/mol. The zero-order valence-electron chi connectivity index (χ0n) is 13.3.